The zero-order valence-electron chi connectivity index (χ0n) is 12.8. The molecule has 0 aliphatic rings. The second-order valence-electron chi connectivity index (χ2n) is 5.11. The van der Waals surface area contributed by atoms with Crippen molar-refractivity contribution in [3.63, 3.8) is 0 Å². The van der Waals surface area contributed by atoms with Gasteiger partial charge in [-0.2, -0.15) is 0 Å². The van der Waals surface area contributed by atoms with Gasteiger partial charge in [0.2, 0.25) is 0 Å². The van der Waals surface area contributed by atoms with E-state index in [0.29, 0.717) is 42.0 Å². The lowest BCUT2D eigenvalue weighted by molar-refractivity contribution is 0.313. The van der Waals surface area contributed by atoms with Crippen LogP contribution in [-0.2, 0) is 0 Å². The third-order valence-corrected chi connectivity index (χ3v) is 3.48. The quantitative estimate of drug-likeness (QED) is 0.324. The van der Waals surface area contributed by atoms with E-state index in [1.807, 2.05) is 42.5 Å². The minimum atomic E-state index is -0.158. The summed E-state index contributed by atoms with van der Waals surface area (Å²) in [6.45, 7) is 0.889. The Balaban J connectivity index is 1.76. The molecule has 0 bridgehead atoms. The molecule has 7 nitrogen and oxygen atoms in total. The first-order chi connectivity index (χ1) is 11.8. The molecule has 0 spiro atoms. The van der Waals surface area contributed by atoms with Crippen molar-refractivity contribution in [2.45, 2.75) is 6.42 Å². The van der Waals surface area contributed by atoms with Crippen LogP contribution in [0.15, 0.2) is 58.4 Å². The molecule has 0 aliphatic carbocycles. The summed E-state index contributed by atoms with van der Waals surface area (Å²) in [6.07, 6.45) is 0.658. The highest BCUT2D eigenvalue weighted by atomic mass is 16.5. The number of aromatic nitrogens is 2. The number of ether oxygens (including phenoxy) is 1. The predicted molar refractivity (Wildman–Crippen MR) is 91.9 cm³/mol. The zero-order chi connectivity index (χ0) is 16.8. The number of benzene rings is 2. The highest BCUT2D eigenvalue weighted by Crippen LogP contribution is 2.20. The third kappa shape index (κ3) is 3.53. The van der Waals surface area contributed by atoms with Crippen molar-refractivity contribution in [3.05, 3.63) is 69.3 Å². The summed E-state index contributed by atoms with van der Waals surface area (Å²) in [5.74, 6) is 1.23. The van der Waals surface area contributed by atoms with Crippen LogP contribution in [0.1, 0.15) is 6.42 Å². The zero-order valence-corrected chi connectivity index (χ0v) is 12.8. The molecule has 0 saturated heterocycles. The van der Waals surface area contributed by atoms with Gasteiger partial charge in [0, 0.05) is 17.0 Å². The van der Waals surface area contributed by atoms with Crippen LogP contribution in [0.3, 0.4) is 0 Å². The Bertz CT molecular complexity index is 943. The maximum atomic E-state index is 12.1. The molecule has 3 aromatic rings. The molecule has 24 heavy (non-hydrogen) atoms. The van der Waals surface area contributed by atoms with Crippen molar-refractivity contribution in [2.24, 2.45) is 5.11 Å². The van der Waals surface area contributed by atoms with Crippen molar-refractivity contribution in [1.29, 1.82) is 0 Å². The average molecular weight is 321 g/mol. The maximum Gasteiger partial charge on any atom is 0.259 e. The van der Waals surface area contributed by atoms with Crippen LogP contribution in [0.25, 0.3) is 32.7 Å². The molecular formula is C17H15N5O2. The van der Waals surface area contributed by atoms with Gasteiger partial charge in [-0.3, -0.25) is 4.79 Å². The van der Waals surface area contributed by atoms with Gasteiger partial charge >= 0.3 is 0 Å². The van der Waals surface area contributed by atoms with Gasteiger partial charge in [0.25, 0.3) is 5.56 Å². The molecule has 0 fully saturated rings. The van der Waals surface area contributed by atoms with Gasteiger partial charge in [-0.05, 0) is 48.4 Å². The molecule has 2 aromatic carbocycles. The second kappa shape index (κ2) is 7.30. The Morgan fingerprint density at radius 3 is 2.75 bits per heavy atom. The van der Waals surface area contributed by atoms with Gasteiger partial charge in [0.15, 0.2) is 0 Å². The fourth-order valence-electron chi connectivity index (χ4n) is 2.30. The molecule has 1 heterocycles. The van der Waals surface area contributed by atoms with Crippen LogP contribution in [0, 0.1) is 0 Å². The molecule has 0 radical (unpaired) electrons. The molecule has 0 aliphatic heterocycles. The number of rotatable bonds is 6. The molecule has 0 amide bonds. The standard InChI is InChI=1S/C17H15N5O2/c18-22-19-10-3-11-24-13-8-6-12(7-9-13)16-20-15-5-2-1-4-14(15)17(23)21-16/h1-2,4-9H,3,10-11H2,(H,20,21,23). The largest absolute Gasteiger partial charge is 0.494 e. The Kier molecular flexibility index (Phi) is 4.74. The first-order valence-electron chi connectivity index (χ1n) is 7.51. The fourth-order valence-corrected chi connectivity index (χ4v) is 2.30. The average Bonchev–Trinajstić information content (AvgIpc) is 2.62. The van der Waals surface area contributed by atoms with Gasteiger partial charge in [0.05, 0.1) is 17.5 Å². The van der Waals surface area contributed by atoms with Crippen LogP contribution < -0.4 is 10.3 Å². The monoisotopic (exact) mass is 321 g/mol. The predicted octanol–water partition coefficient (Wildman–Crippen LogP) is 3.67. The van der Waals surface area contributed by atoms with Gasteiger partial charge < -0.3 is 9.72 Å². The Morgan fingerprint density at radius 2 is 1.96 bits per heavy atom. The van der Waals surface area contributed by atoms with E-state index < -0.39 is 0 Å². The first-order valence-corrected chi connectivity index (χ1v) is 7.51. The summed E-state index contributed by atoms with van der Waals surface area (Å²) in [4.78, 5) is 22.1. The molecule has 0 atom stereocenters. The van der Waals surface area contributed by atoms with E-state index in [1.165, 1.54) is 0 Å². The van der Waals surface area contributed by atoms with Crippen LogP contribution >= 0.6 is 0 Å². The molecule has 0 saturated carbocycles. The normalized spacial score (nSPS) is 10.3. The summed E-state index contributed by atoms with van der Waals surface area (Å²) in [6, 6.07) is 14.5. The van der Waals surface area contributed by atoms with Crippen LogP contribution in [0.2, 0.25) is 0 Å². The number of nitrogens with zero attached hydrogens (tertiary/aromatic N) is 4. The smallest absolute Gasteiger partial charge is 0.259 e. The molecular weight excluding hydrogens is 306 g/mol. The lowest BCUT2D eigenvalue weighted by Gasteiger charge is -2.07. The summed E-state index contributed by atoms with van der Waals surface area (Å²) in [5.41, 5.74) is 9.50. The number of azide groups is 1. The topological polar surface area (TPSA) is 104 Å². The highest BCUT2D eigenvalue weighted by molar-refractivity contribution is 5.79. The third-order valence-electron chi connectivity index (χ3n) is 3.48. The summed E-state index contributed by atoms with van der Waals surface area (Å²) >= 11 is 0. The van der Waals surface area contributed by atoms with Gasteiger partial charge in [0.1, 0.15) is 11.6 Å². The highest BCUT2D eigenvalue weighted by Gasteiger charge is 2.05. The van der Waals surface area contributed by atoms with E-state index in [0.717, 1.165) is 5.56 Å². The van der Waals surface area contributed by atoms with E-state index in [4.69, 9.17) is 10.3 Å². The molecule has 7 heteroatoms. The van der Waals surface area contributed by atoms with Crippen molar-refractivity contribution >= 4 is 10.9 Å². The molecule has 120 valence electrons. The molecule has 1 aromatic heterocycles. The minimum absolute atomic E-state index is 0.158. The van der Waals surface area contributed by atoms with Crippen molar-refractivity contribution in [1.82, 2.24) is 9.97 Å². The lowest BCUT2D eigenvalue weighted by Crippen LogP contribution is -2.09. The lowest BCUT2D eigenvalue weighted by atomic mass is 10.2. The van der Waals surface area contributed by atoms with Crippen LogP contribution in [0.4, 0.5) is 0 Å². The second-order valence-corrected chi connectivity index (χ2v) is 5.11. The number of H-pyrrole nitrogens is 1. The summed E-state index contributed by atoms with van der Waals surface area (Å²) in [5, 5.41) is 4.02. The van der Waals surface area contributed by atoms with E-state index in [9.17, 15) is 4.79 Å². The number of hydrogen-bond donors (Lipinski definition) is 1. The number of nitrogens with one attached hydrogen (secondary N) is 1. The Hall–Kier alpha value is -3.31. The SMILES string of the molecule is [N-]=[N+]=NCCCOc1ccc(-c2nc3ccccc3c(=O)[nH]2)cc1. The van der Waals surface area contributed by atoms with E-state index in [2.05, 4.69) is 20.0 Å². The van der Waals surface area contributed by atoms with Crippen molar-refractivity contribution in [2.75, 3.05) is 13.2 Å². The van der Waals surface area contributed by atoms with E-state index in [1.54, 1.807) is 6.07 Å². The van der Waals surface area contributed by atoms with Gasteiger partial charge in [-0.15, -0.1) is 0 Å². The fraction of sp³-hybridized carbons (Fsp3) is 0.176. The number of hydrogen-bond acceptors (Lipinski definition) is 4. The summed E-state index contributed by atoms with van der Waals surface area (Å²) < 4.78 is 5.56. The maximum absolute atomic E-state index is 12.1. The van der Waals surface area contributed by atoms with Crippen molar-refractivity contribution in [3.8, 4) is 17.1 Å². The van der Waals surface area contributed by atoms with E-state index in [-0.39, 0.29) is 5.56 Å². The first kappa shape index (κ1) is 15.6. The van der Waals surface area contributed by atoms with Gasteiger partial charge in [-0.25, -0.2) is 4.98 Å². The summed E-state index contributed by atoms with van der Waals surface area (Å²) in [7, 11) is 0. The van der Waals surface area contributed by atoms with E-state index >= 15 is 0 Å². The number of aromatic amines is 1. The molecule has 3 rings (SSSR count). The minimum Gasteiger partial charge on any atom is -0.494 e. The number of fused-ring (bicyclic) bond motifs is 1. The Morgan fingerprint density at radius 1 is 1.17 bits per heavy atom. The molecule has 1 N–H and O–H groups in total. The van der Waals surface area contributed by atoms with Gasteiger partial charge in [-0.1, -0.05) is 17.2 Å². The van der Waals surface area contributed by atoms with Crippen LogP contribution in [0.5, 0.6) is 5.75 Å². The Labute approximate surface area is 137 Å². The number of para-hydroxylation sites is 1. The molecule has 0 unspecified atom stereocenters. The van der Waals surface area contributed by atoms with Crippen LogP contribution in [-0.4, -0.2) is 23.1 Å². The van der Waals surface area contributed by atoms with Crippen molar-refractivity contribution < 1.29 is 4.74 Å².